The number of phosphoric ester groups is 1. The molecular formula is C4H8O7P2. The van der Waals surface area contributed by atoms with Crippen LogP contribution in [0.3, 0.4) is 0 Å². The molecule has 0 radical (unpaired) electrons. The molecule has 0 heterocycles. The standard InChI is InChI=1S/C4H8O7P2/c1-2-3-4(12(5,6)7)11-13(8,9)10/h2-3H,1H2,(H2,5,6,7)(H2,8,9,10). The normalized spacial score (nSPS) is 14.0. The average molecular weight is 230 g/mol. The van der Waals surface area contributed by atoms with Crippen LogP contribution in [-0.2, 0) is 13.7 Å². The zero-order valence-corrected chi connectivity index (χ0v) is 8.06. The van der Waals surface area contributed by atoms with Crippen LogP contribution in [0, 0.1) is 0 Å². The minimum Gasteiger partial charge on any atom is -0.396 e. The summed E-state index contributed by atoms with van der Waals surface area (Å²) >= 11 is 0. The van der Waals surface area contributed by atoms with E-state index in [1.807, 2.05) is 0 Å². The summed E-state index contributed by atoms with van der Waals surface area (Å²) < 4.78 is 24.5. The molecule has 0 fully saturated rings. The Hall–Kier alpha value is -0.420. The van der Waals surface area contributed by atoms with E-state index in [2.05, 4.69) is 11.1 Å². The fourth-order valence-electron chi connectivity index (χ4n) is 0.403. The summed E-state index contributed by atoms with van der Waals surface area (Å²) in [6.45, 7) is 3.09. The van der Waals surface area contributed by atoms with Crippen LogP contribution >= 0.6 is 15.4 Å². The molecule has 76 valence electrons. The molecule has 0 aromatic carbocycles. The molecule has 0 rings (SSSR count). The predicted octanol–water partition coefficient (Wildman–Crippen LogP) is 0.301. The van der Waals surface area contributed by atoms with Gasteiger partial charge in [-0.25, -0.2) is 4.57 Å². The molecule has 0 spiro atoms. The molecule has 9 heteroatoms. The minimum atomic E-state index is -4.96. The van der Waals surface area contributed by atoms with Crippen molar-refractivity contribution in [1.82, 2.24) is 0 Å². The number of allylic oxidation sites excluding steroid dienone is 2. The maximum atomic E-state index is 10.5. The molecule has 0 bridgehead atoms. The highest BCUT2D eigenvalue weighted by molar-refractivity contribution is 7.57. The third-order valence-electron chi connectivity index (χ3n) is 0.760. The number of hydrogen-bond acceptors (Lipinski definition) is 3. The van der Waals surface area contributed by atoms with Crippen molar-refractivity contribution in [2.24, 2.45) is 0 Å². The van der Waals surface area contributed by atoms with E-state index >= 15 is 0 Å². The van der Waals surface area contributed by atoms with E-state index in [0.29, 0.717) is 6.08 Å². The van der Waals surface area contributed by atoms with E-state index < -0.39 is 20.9 Å². The van der Waals surface area contributed by atoms with Gasteiger partial charge in [0.05, 0.1) is 0 Å². The molecule has 13 heavy (non-hydrogen) atoms. The highest BCUT2D eigenvalue weighted by Crippen LogP contribution is 2.53. The molecule has 0 amide bonds. The van der Waals surface area contributed by atoms with Gasteiger partial charge in [0, 0.05) is 0 Å². The van der Waals surface area contributed by atoms with Crippen molar-refractivity contribution in [3.05, 3.63) is 24.2 Å². The lowest BCUT2D eigenvalue weighted by Gasteiger charge is -2.10. The van der Waals surface area contributed by atoms with Crippen LogP contribution in [0.2, 0.25) is 0 Å². The van der Waals surface area contributed by atoms with Gasteiger partial charge in [-0.3, -0.25) is 14.4 Å². The van der Waals surface area contributed by atoms with Crippen molar-refractivity contribution in [2.75, 3.05) is 0 Å². The molecule has 0 aliphatic rings. The topological polar surface area (TPSA) is 124 Å². The molecule has 0 saturated carbocycles. The van der Waals surface area contributed by atoms with E-state index in [1.165, 1.54) is 0 Å². The van der Waals surface area contributed by atoms with Crippen molar-refractivity contribution in [3.63, 3.8) is 0 Å². The predicted molar refractivity (Wildman–Crippen MR) is 43.5 cm³/mol. The Morgan fingerprint density at radius 3 is 1.92 bits per heavy atom. The van der Waals surface area contributed by atoms with Crippen LogP contribution in [0.15, 0.2) is 24.2 Å². The minimum absolute atomic E-state index is 0.680. The highest BCUT2D eigenvalue weighted by atomic mass is 31.2. The quantitative estimate of drug-likeness (QED) is 0.311. The summed E-state index contributed by atoms with van der Waals surface area (Å²) in [6, 6.07) is 0. The largest absolute Gasteiger partial charge is 0.525 e. The monoisotopic (exact) mass is 230 g/mol. The van der Waals surface area contributed by atoms with Crippen LogP contribution in [0.5, 0.6) is 0 Å². The Kier molecular flexibility index (Phi) is 4.06. The molecule has 0 aliphatic carbocycles. The molecule has 7 nitrogen and oxygen atoms in total. The summed E-state index contributed by atoms with van der Waals surface area (Å²) in [4.78, 5) is 33.5. The number of phosphoric acid groups is 1. The third-order valence-corrected chi connectivity index (χ3v) is 2.15. The maximum Gasteiger partial charge on any atom is 0.525 e. The summed E-state index contributed by atoms with van der Waals surface area (Å²) in [5.74, 6) is 0. The first-order valence-corrected chi connectivity index (χ1v) is 5.95. The fourth-order valence-corrected chi connectivity index (χ4v) is 1.75. The van der Waals surface area contributed by atoms with Gasteiger partial charge in [0.15, 0.2) is 0 Å². The third kappa shape index (κ3) is 5.76. The Labute approximate surface area is 73.8 Å². The van der Waals surface area contributed by atoms with Crippen LogP contribution in [0.1, 0.15) is 0 Å². The van der Waals surface area contributed by atoms with Gasteiger partial charge in [0.25, 0.3) is 0 Å². The van der Waals surface area contributed by atoms with Crippen molar-refractivity contribution < 1.29 is 33.2 Å². The number of hydrogen-bond donors (Lipinski definition) is 4. The Bertz CT molecular complexity index is 306. The van der Waals surface area contributed by atoms with Crippen LogP contribution in [0.4, 0.5) is 0 Å². The van der Waals surface area contributed by atoms with Crippen molar-refractivity contribution in [1.29, 1.82) is 0 Å². The fraction of sp³-hybridized carbons (Fsp3) is 0. The first-order valence-electron chi connectivity index (χ1n) is 2.81. The van der Waals surface area contributed by atoms with Gasteiger partial charge in [0.1, 0.15) is 0 Å². The highest BCUT2D eigenvalue weighted by Gasteiger charge is 2.29. The summed E-state index contributed by atoms with van der Waals surface area (Å²) in [6.07, 6.45) is 1.62. The molecule has 4 N–H and O–H groups in total. The Morgan fingerprint density at radius 1 is 1.23 bits per heavy atom. The summed E-state index contributed by atoms with van der Waals surface area (Å²) in [5, 5.41) is 0. The molecule has 0 aromatic rings. The van der Waals surface area contributed by atoms with Crippen molar-refractivity contribution in [2.45, 2.75) is 0 Å². The van der Waals surface area contributed by atoms with Gasteiger partial charge < -0.3 is 14.3 Å². The zero-order chi connectivity index (χ0) is 10.7. The van der Waals surface area contributed by atoms with Crippen molar-refractivity contribution >= 4 is 15.4 Å². The summed E-state index contributed by atoms with van der Waals surface area (Å²) in [7, 11) is -9.77. The SMILES string of the molecule is C=CC=C(OP(=O)(O)O)P(=O)(O)O. The van der Waals surface area contributed by atoms with E-state index in [1.54, 1.807) is 0 Å². The van der Waals surface area contributed by atoms with Gasteiger partial charge in [-0.15, -0.1) is 0 Å². The maximum absolute atomic E-state index is 10.5. The van der Waals surface area contributed by atoms with Crippen LogP contribution in [0.25, 0.3) is 0 Å². The van der Waals surface area contributed by atoms with E-state index in [9.17, 15) is 9.13 Å². The van der Waals surface area contributed by atoms with Gasteiger partial charge in [-0.05, 0) is 6.08 Å². The first-order chi connectivity index (χ1) is 5.67. The molecule has 0 saturated heterocycles. The van der Waals surface area contributed by atoms with Crippen molar-refractivity contribution in [3.8, 4) is 0 Å². The molecule has 0 atom stereocenters. The van der Waals surface area contributed by atoms with Crippen LogP contribution in [-0.4, -0.2) is 19.6 Å². The Balaban J connectivity index is 4.88. The first kappa shape index (κ1) is 12.6. The molecular weight excluding hydrogens is 222 g/mol. The van der Waals surface area contributed by atoms with E-state index in [-0.39, 0.29) is 0 Å². The van der Waals surface area contributed by atoms with E-state index in [4.69, 9.17) is 19.6 Å². The van der Waals surface area contributed by atoms with E-state index in [0.717, 1.165) is 6.08 Å². The summed E-state index contributed by atoms with van der Waals surface area (Å²) in [5.41, 5.74) is -1.11. The molecule has 0 aliphatic heterocycles. The molecule has 0 aromatic heterocycles. The Morgan fingerprint density at radius 2 is 1.69 bits per heavy atom. The van der Waals surface area contributed by atoms with Gasteiger partial charge in [-0.2, -0.15) is 0 Å². The van der Waals surface area contributed by atoms with Gasteiger partial charge in [-0.1, -0.05) is 12.7 Å². The number of rotatable bonds is 4. The lowest BCUT2D eigenvalue weighted by Crippen LogP contribution is -1.91. The smallest absolute Gasteiger partial charge is 0.396 e. The lowest BCUT2D eigenvalue weighted by atomic mass is 10.6. The second-order valence-corrected chi connectivity index (χ2v) is 4.56. The lowest BCUT2D eigenvalue weighted by molar-refractivity contribution is 0.240. The van der Waals surface area contributed by atoms with Gasteiger partial charge in [0.2, 0.25) is 5.50 Å². The van der Waals surface area contributed by atoms with Gasteiger partial charge >= 0.3 is 15.4 Å². The second-order valence-electron chi connectivity index (χ2n) is 1.87. The zero-order valence-electron chi connectivity index (χ0n) is 6.27. The average Bonchev–Trinajstić information content (AvgIpc) is 1.81. The molecule has 0 unspecified atom stereocenters. The van der Waals surface area contributed by atoms with Crippen LogP contribution < -0.4 is 0 Å². The second kappa shape index (κ2) is 4.19.